The zero-order valence-corrected chi connectivity index (χ0v) is 15.4. The summed E-state index contributed by atoms with van der Waals surface area (Å²) < 4.78 is 5.42. The highest BCUT2D eigenvalue weighted by molar-refractivity contribution is 6.00. The van der Waals surface area contributed by atoms with E-state index in [1.54, 1.807) is 18.6 Å². The third-order valence-electron chi connectivity index (χ3n) is 4.66. The van der Waals surface area contributed by atoms with Gasteiger partial charge in [-0.2, -0.15) is 0 Å². The molecule has 1 N–H and O–H groups in total. The smallest absolute Gasteiger partial charge is 0.252 e. The molecule has 3 aromatic rings. The van der Waals surface area contributed by atoms with E-state index in [-0.39, 0.29) is 5.91 Å². The first-order chi connectivity index (χ1) is 13.8. The van der Waals surface area contributed by atoms with Gasteiger partial charge in [-0.05, 0) is 17.7 Å². The first-order valence-corrected chi connectivity index (χ1v) is 9.22. The number of rotatable bonds is 5. The standard InChI is InChI=1S/C21H21N5O2/c27-21(19-6-2-1-5-18(19)17-12-22-15-23-13-17)25-14-16-4-3-7-24-20(16)26-8-10-28-11-9-26/h1-7,12-13,15H,8-11,14H2,(H,25,27). The number of carbonyl (C=O) groups is 1. The third kappa shape index (κ3) is 3.99. The number of pyridine rings is 1. The van der Waals surface area contributed by atoms with Gasteiger partial charge in [-0.1, -0.05) is 24.3 Å². The second kappa shape index (κ2) is 8.58. The van der Waals surface area contributed by atoms with E-state index in [9.17, 15) is 4.79 Å². The summed E-state index contributed by atoms with van der Waals surface area (Å²) in [5.74, 6) is 0.757. The minimum absolute atomic E-state index is 0.142. The second-order valence-corrected chi connectivity index (χ2v) is 6.44. The zero-order valence-electron chi connectivity index (χ0n) is 15.4. The Kier molecular flexibility index (Phi) is 5.53. The van der Waals surface area contributed by atoms with Gasteiger partial charge in [0.05, 0.1) is 13.2 Å². The van der Waals surface area contributed by atoms with Crippen LogP contribution in [0, 0.1) is 0 Å². The van der Waals surface area contributed by atoms with E-state index >= 15 is 0 Å². The predicted molar refractivity (Wildman–Crippen MR) is 106 cm³/mol. The molecule has 28 heavy (non-hydrogen) atoms. The second-order valence-electron chi connectivity index (χ2n) is 6.44. The number of anilines is 1. The number of nitrogens with zero attached hydrogens (tertiary/aromatic N) is 4. The van der Waals surface area contributed by atoms with Gasteiger partial charge in [0.15, 0.2) is 0 Å². The molecule has 1 fully saturated rings. The average Bonchev–Trinajstić information content (AvgIpc) is 2.79. The summed E-state index contributed by atoms with van der Waals surface area (Å²) in [7, 11) is 0. The van der Waals surface area contributed by atoms with E-state index in [1.165, 1.54) is 6.33 Å². The van der Waals surface area contributed by atoms with Gasteiger partial charge in [-0.3, -0.25) is 4.79 Å². The molecule has 0 bridgehead atoms. The molecular formula is C21H21N5O2. The Bertz CT molecular complexity index is 942. The fourth-order valence-corrected chi connectivity index (χ4v) is 3.27. The summed E-state index contributed by atoms with van der Waals surface area (Å²) >= 11 is 0. The highest BCUT2D eigenvalue weighted by Crippen LogP contribution is 2.23. The van der Waals surface area contributed by atoms with Gasteiger partial charge in [0, 0.05) is 54.9 Å². The molecular weight excluding hydrogens is 354 g/mol. The maximum atomic E-state index is 12.9. The summed E-state index contributed by atoms with van der Waals surface area (Å²) in [6.07, 6.45) is 6.66. The SMILES string of the molecule is O=C(NCc1cccnc1N1CCOCC1)c1ccccc1-c1cncnc1. The Morgan fingerprint density at radius 2 is 1.86 bits per heavy atom. The molecule has 142 valence electrons. The molecule has 0 saturated carbocycles. The summed E-state index contributed by atoms with van der Waals surface area (Å²) in [5.41, 5.74) is 3.19. The topological polar surface area (TPSA) is 80.2 Å². The van der Waals surface area contributed by atoms with Crippen molar-refractivity contribution >= 4 is 11.7 Å². The first-order valence-electron chi connectivity index (χ1n) is 9.22. The Morgan fingerprint density at radius 1 is 1.07 bits per heavy atom. The van der Waals surface area contributed by atoms with Crippen molar-refractivity contribution in [1.82, 2.24) is 20.3 Å². The molecule has 1 amide bonds. The van der Waals surface area contributed by atoms with E-state index in [4.69, 9.17) is 4.74 Å². The molecule has 3 heterocycles. The third-order valence-corrected chi connectivity index (χ3v) is 4.66. The van der Waals surface area contributed by atoms with Gasteiger partial charge in [0.2, 0.25) is 0 Å². The van der Waals surface area contributed by atoms with E-state index in [0.717, 1.165) is 35.6 Å². The summed E-state index contributed by atoms with van der Waals surface area (Å²) in [6.45, 7) is 3.38. The van der Waals surface area contributed by atoms with Crippen molar-refractivity contribution in [3.05, 3.63) is 72.4 Å². The fraction of sp³-hybridized carbons (Fsp3) is 0.238. The van der Waals surface area contributed by atoms with Crippen LogP contribution in [0.5, 0.6) is 0 Å². The van der Waals surface area contributed by atoms with Crippen LogP contribution in [0.4, 0.5) is 5.82 Å². The molecule has 0 atom stereocenters. The highest BCUT2D eigenvalue weighted by Gasteiger charge is 2.17. The number of hydrogen-bond donors (Lipinski definition) is 1. The van der Waals surface area contributed by atoms with Crippen molar-refractivity contribution in [1.29, 1.82) is 0 Å². The monoisotopic (exact) mass is 375 g/mol. The number of hydrogen-bond acceptors (Lipinski definition) is 6. The molecule has 1 aromatic carbocycles. The van der Waals surface area contributed by atoms with Gasteiger partial charge < -0.3 is 15.0 Å². The predicted octanol–water partition coefficient (Wildman–Crippen LogP) is 2.31. The van der Waals surface area contributed by atoms with Crippen LogP contribution in [0.3, 0.4) is 0 Å². The Labute approximate surface area is 163 Å². The van der Waals surface area contributed by atoms with Crippen molar-refractivity contribution in [2.24, 2.45) is 0 Å². The molecule has 7 heteroatoms. The lowest BCUT2D eigenvalue weighted by Gasteiger charge is -2.29. The number of benzene rings is 1. The van der Waals surface area contributed by atoms with E-state index < -0.39 is 0 Å². The molecule has 0 unspecified atom stereocenters. The molecule has 4 rings (SSSR count). The number of morpholine rings is 1. The van der Waals surface area contributed by atoms with E-state index in [2.05, 4.69) is 25.2 Å². The number of ether oxygens (including phenoxy) is 1. The lowest BCUT2D eigenvalue weighted by atomic mass is 10.0. The molecule has 0 aliphatic carbocycles. The number of amides is 1. The van der Waals surface area contributed by atoms with E-state index in [1.807, 2.05) is 36.4 Å². The van der Waals surface area contributed by atoms with Crippen LogP contribution in [-0.4, -0.2) is 47.2 Å². The Hall–Kier alpha value is -3.32. The van der Waals surface area contributed by atoms with Crippen LogP contribution in [0.15, 0.2) is 61.3 Å². The van der Waals surface area contributed by atoms with Crippen molar-refractivity contribution in [2.45, 2.75) is 6.54 Å². The number of carbonyl (C=O) groups excluding carboxylic acids is 1. The Morgan fingerprint density at radius 3 is 2.68 bits per heavy atom. The van der Waals surface area contributed by atoms with Crippen molar-refractivity contribution in [3.8, 4) is 11.1 Å². The molecule has 7 nitrogen and oxygen atoms in total. The molecule has 0 spiro atoms. The normalized spacial score (nSPS) is 13.9. The van der Waals surface area contributed by atoms with Crippen LogP contribution in [-0.2, 0) is 11.3 Å². The van der Waals surface area contributed by atoms with Crippen molar-refractivity contribution < 1.29 is 9.53 Å². The summed E-state index contributed by atoms with van der Waals surface area (Å²) in [5, 5.41) is 3.03. The van der Waals surface area contributed by atoms with Crippen molar-refractivity contribution in [3.63, 3.8) is 0 Å². The maximum absolute atomic E-state index is 12.9. The van der Waals surface area contributed by atoms with Crippen LogP contribution in [0.25, 0.3) is 11.1 Å². The minimum Gasteiger partial charge on any atom is -0.378 e. The number of aromatic nitrogens is 3. The minimum atomic E-state index is -0.142. The summed E-state index contributed by atoms with van der Waals surface area (Å²) in [6, 6.07) is 11.3. The van der Waals surface area contributed by atoms with E-state index in [0.29, 0.717) is 25.3 Å². The lowest BCUT2D eigenvalue weighted by molar-refractivity contribution is 0.0951. The highest BCUT2D eigenvalue weighted by atomic mass is 16.5. The molecule has 1 saturated heterocycles. The van der Waals surface area contributed by atoms with Crippen LogP contribution in [0.2, 0.25) is 0 Å². The van der Waals surface area contributed by atoms with Crippen LogP contribution in [0.1, 0.15) is 15.9 Å². The lowest BCUT2D eigenvalue weighted by Crippen LogP contribution is -2.37. The van der Waals surface area contributed by atoms with Crippen molar-refractivity contribution in [2.75, 3.05) is 31.2 Å². The van der Waals surface area contributed by atoms with Gasteiger partial charge in [-0.15, -0.1) is 0 Å². The zero-order chi connectivity index (χ0) is 19.2. The van der Waals surface area contributed by atoms with Crippen LogP contribution >= 0.6 is 0 Å². The number of nitrogens with one attached hydrogen (secondary N) is 1. The molecule has 1 aliphatic heterocycles. The average molecular weight is 375 g/mol. The molecule has 1 aliphatic rings. The van der Waals surface area contributed by atoms with Gasteiger partial charge in [0.1, 0.15) is 12.1 Å². The fourth-order valence-electron chi connectivity index (χ4n) is 3.27. The van der Waals surface area contributed by atoms with Gasteiger partial charge >= 0.3 is 0 Å². The quantitative estimate of drug-likeness (QED) is 0.737. The maximum Gasteiger partial charge on any atom is 0.252 e. The largest absolute Gasteiger partial charge is 0.378 e. The Balaban J connectivity index is 1.52. The molecule has 2 aromatic heterocycles. The van der Waals surface area contributed by atoms with Gasteiger partial charge in [-0.25, -0.2) is 15.0 Å². The first kappa shape index (κ1) is 18.1. The van der Waals surface area contributed by atoms with Gasteiger partial charge in [0.25, 0.3) is 5.91 Å². The summed E-state index contributed by atoms with van der Waals surface area (Å²) in [4.78, 5) is 27.7. The van der Waals surface area contributed by atoms with Crippen LogP contribution < -0.4 is 10.2 Å². The molecule has 0 radical (unpaired) electrons.